The fourth-order valence-corrected chi connectivity index (χ4v) is 3.59. The van der Waals surface area contributed by atoms with Gasteiger partial charge in [0.25, 0.3) is 5.91 Å². The number of nitrogens with two attached hydrogens (primary N) is 2. The van der Waals surface area contributed by atoms with Gasteiger partial charge < -0.3 is 16.4 Å². The Hall–Kier alpha value is -3.41. The third-order valence-corrected chi connectivity index (χ3v) is 4.93. The van der Waals surface area contributed by atoms with Crippen LogP contribution in [0.4, 0.5) is 11.6 Å². The standard InChI is InChI=1S/C21H21N5O/c1-12-5-3-6-14(9-12)19-17-11-26(13(2)18(17)24-21(23)25-19)20(27)15-7-4-8-16(22)10-15/h3-10,13H,11,22H2,1-2H3,(H2,23,24,25)/t13-/m0/s1. The molecule has 6 heteroatoms. The molecule has 1 aliphatic rings. The molecule has 0 saturated carbocycles. The average Bonchev–Trinajstić information content (AvgIpc) is 2.97. The van der Waals surface area contributed by atoms with Crippen molar-refractivity contribution >= 4 is 17.5 Å². The van der Waals surface area contributed by atoms with Crippen molar-refractivity contribution in [3.05, 3.63) is 70.9 Å². The number of carbonyl (C=O) groups is 1. The van der Waals surface area contributed by atoms with E-state index in [4.69, 9.17) is 11.5 Å². The quantitative estimate of drug-likeness (QED) is 0.684. The molecule has 4 rings (SSSR count). The number of carbonyl (C=O) groups excluding carboxylic acids is 1. The van der Waals surface area contributed by atoms with Crippen molar-refractivity contribution < 1.29 is 4.79 Å². The predicted molar refractivity (Wildman–Crippen MR) is 106 cm³/mol. The molecular weight excluding hydrogens is 338 g/mol. The maximum atomic E-state index is 13.1. The fraction of sp³-hybridized carbons (Fsp3) is 0.190. The zero-order valence-electron chi connectivity index (χ0n) is 15.3. The SMILES string of the molecule is Cc1cccc(-c2nc(N)nc3c2CN(C(=O)c2cccc(N)c2)[C@H]3C)c1. The summed E-state index contributed by atoms with van der Waals surface area (Å²) in [6.07, 6.45) is 0. The molecule has 136 valence electrons. The Labute approximate surface area is 157 Å². The van der Waals surface area contributed by atoms with Gasteiger partial charge in [0.05, 0.1) is 24.0 Å². The summed E-state index contributed by atoms with van der Waals surface area (Å²) in [6, 6.07) is 14.9. The molecule has 6 nitrogen and oxygen atoms in total. The summed E-state index contributed by atoms with van der Waals surface area (Å²) in [4.78, 5) is 23.8. The summed E-state index contributed by atoms with van der Waals surface area (Å²) < 4.78 is 0. The molecule has 0 unspecified atom stereocenters. The van der Waals surface area contributed by atoms with Crippen LogP contribution >= 0.6 is 0 Å². The molecule has 0 spiro atoms. The van der Waals surface area contributed by atoms with Gasteiger partial charge in [-0.1, -0.05) is 29.8 Å². The Morgan fingerprint density at radius 3 is 2.63 bits per heavy atom. The van der Waals surface area contributed by atoms with Gasteiger partial charge in [-0.2, -0.15) is 0 Å². The van der Waals surface area contributed by atoms with E-state index in [1.54, 1.807) is 29.2 Å². The van der Waals surface area contributed by atoms with Crippen LogP contribution in [0.2, 0.25) is 0 Å². The molecule has 0 aliphatic carbocycles. The number of rotatable bonds is 2. The topological polar surface area (TPSA) is 98.1 Å². The molecule has 4 N–H and O–H groups in total. The molecule has 0 fully saturated rings. The molecule has 1 aromatic heterocycles. The van der Waals surface area contributed by atoms with E-state index in [-0.39, 0.29) is 17.9 Å². The zero-order valence-corrected chi connectivity index (χ0v) is 15.3. The highest BCUT2D eigenvalue weighted by Crippen LogP contribution is 2.38. The van der Waals surface area contributed by atoms with Crippen LogP contribution in [-0.2, 0) is 6.54 Å². The van der Waals surface area contributed by atoms with Gasteiger partial charge in [-0.25, -0.2) is 9.97 Å². The van der Waals surface area contributed by atoms with Crippen molar-refractivity contribution in [1.29, 1.82) is 0 Å². The van der Waals surface area contributed by atoms with Crippen LogP contribution < -0.4 is 11.5 Å². The minimum Gasteiger partial charge on any atom is -0.399 e. The molecule has 2 aromatic carbocycles. The average molecular weight is 359 g/mol. The number of nitrogens with zero attached hydrogens (tertiary/aromatic N) is 3. The maximum Gasteiger partial charge on any atom is 0.254 e. The molecule has 1 amide bonds. The number of nitrogen functional groups attached to an aromatic ring is 2. The van der Waals surface area contributed by atoms with E-state index in [0.717, 1.165) is 28.1 Å². The van der Waals surface area contributed by atoms with Gasteiger partial charge in [0.1, 0.15) is 0 Å². The molecule has 27 heavy (non-hydrogen) atoms. The van der Waals surface area contributed by atoms with E-state index in [2.05, 4.69) is 16.0 Å². The second kappa shape index (κ2) is 6.39. The summed E-state index contributed by atoms with van der Waals surface area (Å²) in [6.45, 7) is 4.43. The lowest BCUT2D eigenvalue weighted by Crippen LogP contribution is -2.28. The molecule has 2 heterocycles. The summed E-state index contributed by atoms with van der Waals surface area (Å²) in [7, 11) is 0. The summed E-state index contributed by atoms with van der Waals surface area (Å²) in [5.74, 6) is 0.136. The maximum absolute atomic E-state index is 13.1. The highest BCUT2D eigenvalue weighted by molar-refractivity contribution is 5.95. The summed E-state index contributed by atoms with van der Waals surface area (Å²) in [5, 5.41) is 0. The summed E-state index contributed by atoms with van der Waals surface area (Å²) in [5.41, 5.74) is 17.6. The number of aryl methyl sites for hydroxylation is 1. The van der Waals surface area contributed by atoms with E-state index >= 15 is 0 Å². The number of fused-ring (bicyclic) bond motifs is 1. The van der Waals surface area contributed by atoms with Crippen LogP contribution in [0, 0.1) is 6.92 Å². The third kappa shape index (κ3) is 2.99. The van der Waals surface area contributed by atoms with Crippen molar-refractivity contribution in [3.8, 4) is 11.3 Å². The number of anilines is 2. The molecule has 1 atom stereocenters. The largest absolute Gasteiger partial charge is 0.399 e. The van der Waals surface area contributed by atoms with Crippen LogP contribution in [0.15, 0.2) is 48.5 Å². The minimum atomic E-state index is -0.192. The molecular formula is C21H21N5O. The number of benzene rings is 2. The first-order valence-corrected chi connectivity index (χ1v) is 8.84. The van der Waals surface area contributed by atoms with E-state index in [9.17, 15) is 4.79 Å². The lowest BCUT2D eigenvalue weighted by atomic mass is 10.0. The van der Waals surface area contributed by atoms with Crippen molar-refractivity contribution in [1.82, 2.24) is 14.9 Å². The summed E-state index contributed by atoms with van der Waals surface area (Å²) >= 11 is 0. The van der Waals surface area contributed by atoms with Crippen molar-refractivity contribution in [2.45, 2.75) is 26.4 Å². The van der Waals surface area contributed by atoms with Gasteiger partial charge in [-0.05, 0) is 38.1 Å². The van der Waals surface area contributed by atoms with Crippen LogP contribution in [0.5, 0.6) is 0 Å². The van der Waals surface area contributed by atoms with Crippen LogP contribution in [0.1, 0.15) is 40.1 Å². The number of aromatic nitrogens is 2. The third-order valence-electron chi connectivity index (χ3n) is 4.93. The van der Waals surface area contributed by atoms with Gasteiger partial charge in [0.15, 0.2) is 0 Å². The highest BCUT2D eigenvalue weighted by Gasteiger charge is 2.35. The minimum absolute atomic E-state index is 0.0819. The van der Waals surface area contributed by atoms with E-state index in [0.29, 0.717) is 17.8 Å². The number of amides is 1. The molecule has 3 aromatic rings. The lowest BCUT2D eigenvalue weighted by molar-refractivity contribution is 0.0703. The Morgan fingerprint density at radius 2 is 1.89 bits per heavy atom. The Kier molecular flexibility index (Phi) is 4.03. The second-order valence-electron chi connectivity index (χ2n) is 6.90. The van der Waals surface area contributed by atoms with E-state index in [1.165, 1.54) is 0 Å². The molecule has 0 saturated heterocycles. The van der Waals surface area contributed by atoms with Crippen LogP contribution in [0.3, 0.4) is 0 Å². The van der Waals surface area contributed by atoms with Gasteiger partial charge in [-0.15, -0.1) is 0 Å². The van der Waals surface area contributed by atoms with Gasteiger partial charge in [-0.3, -0.25) is 4.79 Å². The van der Waals surface area contributed by atoms with E-state index in [1.807, 2.05) is 32.0 Å². The first kappa shape index (κ1) is 17.0. The highest BCUT2D eigenvalue weighted by atomic mass is 16.2. The van der Waals surface area contributed by atoms with Crippen molar-refractivity contribution in [3.63, 3.8) is 0 Å². The van der Waals surface area contributed by atoms with E-state index < -0.39 is 0 Å². The van der Waals surface area contributed by atoms with Gasteiger partial charge in [0, 0.05) is 22.4 Å². The fourth-order valence-electron chi connectivity index (χ4n) is 3.59. The Morgan fingerprint density at radius 1 is 1.11 bits per heavy atom. The van der Waals surface area contributed by atoms with Crippen molar-refractivity contribution in [2.75, 3.05) is 11.5 Å². The number of hydrogen-bond donors (Lipinski definition) is 2. The molecule has 0 bridgehead atoms. The van der Waals surface area contributed by atoms with Crippen molar-refractivity contribution in [2.24, 2.45) is 0 Å². The zero-order chi connectivity index (χ0) is 19.1. The normalized spacial score (nSPS) is 15.6. The molecule has 0 radical (unpaired) electrons. The lowest BCUT2D eigenvalue weighted by Gasteiger charge is -2.21. The first-order chi connectivity index (χ1) is 12.9. The molecule has 1 aliphatic heterocycles. The van der Waals surface area contributed by atoms with Crippen LogP contribution in [0.25, 0.3) is 11.3 Å². The van der Waals surface area contributed by atoms with Gasteiger partial charge in [0.2, 0.25) is 5.95 Å². The second-order valence-corrected chi connectivity index (χ2v) is 6.90. The van der Waals surface area contributed by atoms with Crippen LogP contribution in [-0.4, -0.2) is 20.8 Å². The number of hydrogen-bond acceptors (Lipinski definition) is 5. The first-order valence-electron chi connectivity index (χ1n) is 8.84. The monoisotopic (exact) mass is 359 g/mol. The Bertz CT molecular complexity index is 1050. The Balaban J connectivity index is 1.77. The predicted octanol–water partition coefficient (Wildman–Crippen LogP) is 3.33. The smallest absolute Gasteiger partial charge is 0.254 e. The van der Waals surface area contributed by atoms with Gasteiger partial charge >= 0.3 is 0 Å².